The highest BCUT2D eigenvalue weighted by molar-refractivity contribution is 5.97. The number of amides is 1. The number of primary amides is 1. The number of benzene rings is 1. The van der Waals surface area contributed by atoms with Crippen LogP contribution in [0.3, 0.4) is 0 Å². The highest BCUT2D eigenvalue weighted by Crippen LogP contribution is 2.32. The van der Waals surface area contributed by atoms with Crippen molar-refractivity contribution in [1.82, 2.24) is 19.7 Å². The average molecular weight is 461 g/mol. The van der Waals surface area contributed by atoms with Gasteiger partial charge in [-0.2, -0.15) is 5.10 Å². The molecule has 1 amide bonds. The van der Waals surface area contributed by atoms with E-state index >= 15 is 0 Å². The molecule has 7 nitrogen and oxygen atoms in total. The lowest BCUT2D eigenvalue weighted by atomic mass is 9.82. The SMILES string of the molecule is COc1ccc2nccc(-n3cc4c(n3)CCC(C(=Cc3ccc(F)c(F)c3)C(N)=O)C4)c2n1. The van der Waals surface area contributed by atoms with E-state index in [1.807, 2.05) is 18.3 Å². The van der Waals surface area contributed by atoms with Crippen molar-refractivity contribution in [2.75, 3.05) is 7.11 Å². The zero-order chi connectivity index (χ0) is 23.8. The number of aryl methyl sites for hydroxylation is 1. The Morgan fingerprint density at radius 3 is 2.82 bits per heavy atom. The Hall–Kier alpha value is -4.14. The van der Waals surface area contributed by atoms with Crippen LogP contribution in [0.1, 0.15) is 23.2 Å². The molecule has 0 bridgehead atoms. The van der Waals surface area contributed by atoms with E-state index in [1.54, 1.807) is 24.1 Å². The van der Waals surface area contributed by atoms with Crippen molar-refractivity contribution in [2.45, 2.75) is 19.3 Å². The molecular weight excluding hydrogens is 440 g/mol. The first-order valence-electron chi connectivity index (χ1n) is 10.8. The molecule has 0 fully saturated rings. The Morgan fingerprint density at radius 1 is 1.21 bits per heavy atom. The first-order chi connectivity index (χ1) is 16.4. The number of fused-ring (bicyclic) bond motifs is 2. The molecule has 4 aromatic rings. The topological polar surface area (TPSA) is 95.9 Å². The van der Waals surface area contributed by atoms with Crippen molar-refractivity contribution < 1.29 is 18.3 Å². The summed E-state index contributed by atoms with van der Waals surface area (Å²) in [6.45, 7) is 0. The third-order valence-corrected chi connectivity index (χ3v) is 6.06. The van der Waals surface area contributed by atoms with Gasteiger partial charge in [-0.25, -0.2) is 18.4 Å². The normalized spacial score (nSPS) is 15.9. The maximum absolute atomic E-state index is 13.6. The molecular formula is C25H21F2N5O2. The van der Waals surface area contributed by atoms with Crippen molar-refractivity contribution in [1.29, 1.82) is 0 Å². The summed E-state index contributed by atoms with van der Waals surface area (Å²) in [6, 6.07) is 8.94. The van der Waals surface area contributed by atoms with Gasteiger partial charge in [0.15, 0.2) is 11.6 Å². The minimum atomic E-state index is -0.973. The van der Waals surface area contributed by atoms with Gasteiger partial charge in [0.2, 0.25) is 11.8 Å². The fraction of sp³-hybridized carbons (Fsp3) is 0.200. The maximum atomic E-state index is 13.6. The summed E-state index contributed by atoms with van der Waals surface area (Å²) in [5.74, 6) is -2.18. The van der Waals surface area contributed by atoms with Crippen LogP contribution in [0.5, 0.6) is 5.88 Å². The molecule has 172 valence electrons. The van der Waals surface area contributed by atoms with Gasteiger partial charge in [0.05, 0.1) is 24.0 Å². The lowest BCUT2D eigenvalue weighted by Gasteiger charge is -2.22. The van der Waals surface area contributed by atoms with Crippen LogP contribution in [-0.2, 0) is 17.6 Å². The van der Waals surface area contributed by atoms with E-state index in [0.29, 0.717) is 41.8 Å². The van der Waals surface area contributed by atoms with Crippen LogP contribution < -0.4 is 10.5 Å². The Morgan fingerprint density at radius 2 is 2.06 bits per heavy atom. The fourth-order valence-electron chi connectivity index (χ4n) is 4.36. The van der Waals surface area contributed by atoms with E-state index in [9.17, 15) is 13.6 Å². The number of hydrogen-bond donors (Lipinski definition) is 1. The summed E-state index contributed by atoms with van der Waals surface area (Å²) in [4.78, 5) is 21.1. The molecule has 3 heterocycles. The molecule has 1 aromatic carbocycles. The van der Waals surface area contributed by atoms with Crippen LogP contribution in [-0.4, -0.2) is 32.8 Å². The number of nitrogens with two attached hydrogens (primary N) is 1. The number of pyridine rings is 2. The minimum Gasteiger partial charge on any atom is -0.481 e. The monoisotopic (exact) mass is 461 g/mol. The molecule has 2 N–H and O–H groups in total. The minimum absolute atomic E-state index is 0.164. The molecule has 1 aliphatic rings. The standard InChI is InChI=1S/C25H21F2N5O2/c1-34-23-7-6-21-24(30-23)22(8-9-29-21)32-13-16-12-15(3-5-20(16)31-32)17(25(28)33)10-14-2-4-18(26)19(27)11-14/h2,4,6-11,13,15H,3,5,12H2,1H3,(H2,28,33). The number of hydrogen-bond acceptors (Lipinski definition) is 5. The highest BCUT2D eigenvalue weighted by atomic mass is 19.2. The molecule has 0 saturated heterocycles. The van der Waals surface area contributed by atoms with E-state index in [2.05, 4.69) is 9.97 Å². The number of rotatable bonds is 5. The molecule has 5 rings (SSSR count). The molecule has 0 aliphatic heterocycles. The number of aromatic nitrogens is 4. The van der Waals surface area contributed by atoms with Gasteiger partial charge in [-0.1, -0.05) is 6.07 Å². The third kappa shape index (κ3) is 4.00. The van der Waals surface area contributed by atoms with Gasteiger partial charge in [-0.05, 0) is 66.6 Å². The van der Waals surface area contributed by atoms with Crippen molar-refractivity contribution in [3.8, 4) is 11.6 Å². The number of carbonyl (C=O) groups is 1. The van der Waals surface area contributed by atoms with Crippen molar-refractivity contribution in [2.24, 2.45) is 11.7 Å². The lowest BCUT2D eigenvalue weighted by Crippen LogP contribution is -2.25. The number of nitrogens with zero attached hydrogens (tertiary/aromatic N) is 4. The van der Waals surface area contributed by atoms with Gasteiger partial charge in [0.1, 0.15) is 5.52 Å². The predicted molar refractivity (Wildman–Crippen MR) is 122 cm³/mol. The summed E-state index contributed by atoms with van der Waals surface area (Å²) < 4.78 is 34.0. The Bertz CT molecular complexity index is 1450. The number of halogens is 2. The summed E-state index contributed by atoms with van der Waals surface area (Å²) >= 11 is 0. The predicted octanol–water partition coefficient (Wildman–Crippen LogP) is 3.78. The number of ether oxygens (including phenoxy) is 1. The largest absolute Gasteiger partial charge is 0.481 e. The molecule has 0 spiro atoms. The zero-order valence-corrected chi connectivity index (χ0v) is 18.3. The Balaban J connectivity index is 1.48. The number of methoxy groups -OCH3 is 1. The van der Waals surface area contributed by atoms with Crippen LogP contribution in [0.25, 0.3) is 22.8 Å². The van der Waals surface area contributed by atoms with Gasteiger partial charge in [-0.15, -0.1) is 0 Å². The molecule has 9 heteroatoms. The molecule has 3 aromatic heterocycles. The van der Waals surface area contributed by atoms with E-state index in [4.69, 9.17) is 15.6 Å². The Labute approximate surface area is 193 Å². The smallest absolute Gasteiger partial charge is 0.244 e. The summed E-state index contributed by atoms with van der Waals surface area (Å²) in [5.41, 5.74) is 10.5. The van der Waals surface area contributed by atoms with Gasteiger partial charge >= 0.3 is 0 Å². The molecule has 34 heavy (non-hydrogen) atoms. The van der Waals surface area contributed by atoms with Crippen LogP contribution in [0.2, 0.25) is 0 Å². The van der Waals surface area contributed by atoms with E-state index in [1.165, 1.54) is 12.1 Å². The molecule has 1 unspecified atom stereocenters. The van der Waals surface area contributed by atoms with E-state index in [0.717, 1.165) is 34.6 Å². The number of carbonyl (C=O) groups excluding carboxylic acids is 1. The quantitative estimate of drug-likeness (QED) is 0.457. The fourth-order valence-corrected chi connectivity index (χ4v) is 4.36. The van der Waals surface area contributed by atoms with Gasteiger partial charge < -0.3 is 10.5 Å². The first kappa shape index (κ1) is 21.7. The lowest BCUT2D eigenvalue weighted by molar-refractivity contribution is -0.115. The molecule has 0 radical (unpaired) electrons. The van der Waals surface area contributed by atoms with Crippen molar-refractivity contribution in [3.05, 3.63) is 82.8 Å². The molecule has 1 aliphatic carbocycles. The van der Waals surface area contributed by atoms with Crippen LogP contribution in [0.15, 0.2) is 54.4 Å². The summed E-state index contributed by atoms with van der Waals surface area (Å²) in [5, 5.41) is 4.75. The Kier molecular flexibility index (Phi) is 5.53. The zero-order valence-electron chi connectivity index (χ0n) is 18.3. The van der Waals surface area contributed by atoms with E-state index < -0.39 is 17.5 Å². The van der Waals surface area contributed by atoms with Crippen molar-refractivity contribution in [3.63, 3.8) is 0 Å². The highest BCUT2D eigenvalue weighted by Gasteiger charge is 2.27. The second kappa shape index (κ2) is 8.66. The van der Waals surface area contributed by atoms with Crippen LogP contribution >= 0.6 is 0 Å². The summed E-state index contributed by atoms with van der Waals surface area (Å²) in [7, 11) is 1.56. The second-order valence-electron chi connectivity index (χ2n) is 8.17. The second-order valence-corrected chi connectivity index (χ2v) is 8.17. The van der Waals surface area contributed by atoms with Gasteiger partial charge in [0.25, 0.3) is 0 Å². The van der Waals surface area contributed by atoms with E-state index in [-0.39, 0.29) is 5.92 Å². The molecule has 0 saturated carbocycles. The maximum Gasteiger partial charge on any atom is 0.244 e. The van der Waals surface area contributed by atoms with Gasteiger partial charge in [-0.3, -0.25) is 9.78 Å². The summed E-state index contributed by atoms with van der Waals surface area (Å²) in [6.07, 6.45) is 7.02. The average Bonchev–Trinajstić information content (AvgIpc) is 3.27. The first-order valence-corrected chi connectivity index (χ1v) is 10.8. The van der Waals surface area contributed by atoms with Crippen LogP contribution in [0.4, 0.5) is 8.78 Å². The van der Waals surface area contributed by atoms with Gasteiger partial charge in [0, 0.05) is 24.0 Å². The van der Waals surface area contributed by atoms with Crippen molar-refractivity contribution >= 4 is 23.0 Å². The van der Waals surface area contributed by atoms with Crippen LogP contribution in [0, 0.1) is 17.6 Å². The third-order valence-electron chi connectivity index (χ3n) is 6.06. The molecule has 1 atom stereocenters.